The highest BCUT2D eigenvalue weighted by Crippen LogP contribution is 2.27. The third-order valence-electron chi connectivity index (χ3n) is 2.68. The van der Waals surface area contributed by atoms with E-state index in [2.05, 4.69) is 4.98 Å². The molecule has 0 fully saturated rings. The highest BCUT2D eigenvalue weighted by molar-refractivity contribution is 5.98. The number of phenolic OH excluding ortho intramolecular Hbond substituents is 1. The van der Waals surface area contributed by atoms with Gasteiger partial charge in [0.25, 0.3) is 0 Å². The Morgan fingerprint density at radius 3 is 2.82 bits per heavy atom. The number of carbonyl (C=O) groups is 1. The van der Waals surface area contributed by atoms with E-state index in [0.29, 0.717) is 11.0 Å². The molecule has 2 heterocycles. The van der Waals surface area contributed by atoms with E-state index in [-0.39, 0.29) is 11.4 Å². The van der Waals surface area contributed by atoms with E-state index in [1.807, 2.05) is 0 Å². The van der Waals surface area contributed by atoms with Gasteiger partial charge in [0.2, 0.25) is 0 Å². The molecule has 0 unspecified atom stereocenters. The van der Waals surface area contributed by atoms with E-state index in [1.165, 1.54) is 6.20 Å². The van der Waals surface area contributed by atoms with Crippen molar-refractivity contribution >= 4 is 22.4 Å². The van der Waals surface area contributed by atoms with Crippen LogP contribution >= 0.6 is 0 Å². The Hall–Kier alpha value is -2.56. The number of carboxylic acid groups (broad SMARTS) is 1. The Bertz CT molecular complexity index is 746. The van der Waals surface area contributed by atoms with Crippen molar-refractivity contribution in [2.45, 2.75) is 0 Å². The summed E-state index contributed by atoms with van der Waals surface area (Å²) in [5, 5.41) is 20.0. The topological polar surface area (TPSA) is 74.8 Å². The molecule has 0 aliphatic rings. The second kappa shape index (κ2) is 3.21. The molecular formula is C12H8N2O3. The molecule has 1 aromatic carbocycles. The molecule has 0 saturated carbocycles. The van der Waals surface area contributed by atoms with Gasteiger partial charge in [0.1, 0.15) is 11.4 Å². The number of rotatable bonds is 1. The van der Waals surface area contributed by atoms with Gasteiger partial charge in [0, 0.05) is 23.2 Å². The van der Waals surface area contributed by atoms with Crippen LogP contribution in [0, 0.1) is 0 Å². The van der Waals surface area contributed by atoms with Gasteiger partial charge in [-0.05, 0) is 12.1 Å². The summed E-state index contributed by atoms with van der Waals surface area (Å²) in [6, 6.07) is 6.81. The molecule has 0 amide bonds. The van der Waals surface area contributed by atoms with Crippen LogP contribution < -0.4 is 0 Å². The third-order valence-corrected chi connectivity index (χ3v) is 2.68. The van der Waals surface area contributed by atoms with Crippen LogP contribution in [0.4, 0.5) is 0 Å². The van der Waals surface area contributed by atoms with Gasteiger partial charge in [-0.2, -0.15) is 0 Å². The fraction of sp³-hybridized carbons (Fsp3) is 0. The summed E-state index contributed by atoms with van der Waals surface area (Å²) >= 11 is 0. The van der Waals surface area contributed by atoms with Gasteiger partial charge in [-0.25, -0.2) is 9.78 Å². The summed E-state index contributed by atoms with van der Waals surface area (Å²) in [5.74, 6) is -0.910. The van der Waals surface area contributed by atoms with Crippen LogP contribution in [0.1, 0.15) is 10.5 Å². The van der Waals surface area contributed by atoms with Gasteiger partial charge >= 0.3 is 5.97 Å². The Morgan fingerprint density at radius 2 is 2.06 bits per heavy atom. The van der Waals surface area contributed by atoms with Gasteiger partial charge in [-0.1, -0.05) is 12.1 Å². The van der Waals surface area contributed by atoms with Gasteiger partial charge in [-0.15, -0.1) is 0 Å². The van der Waals surface area contributed by atoms with E-state index in [0.717, 1.165) is 5.39 Å². The van der Waals surface area contributed by atoms with Crippen LogP contribution in [0.25, 0.3) is 16.4 Å². The van der Waals surface area contributed by atoms with Crippen molar-refractivity contribution in [1.29, 1.82) is 0 Å². The maximum Gasteiger partial charge on any atom is 0.356 e. The van der Waals surface area contributed by atoms with E-state index < -0.39 is 5.97 Å². The van der Waals surface area contributed by atoms with Gasteiger partial charge in [0.15, 0.2) is 5.69 Å². The zero-order chi connectivity index (χ0) is 12.0. The second-order valence-electron chi connectivity index (χ2n) is 3.72. The molecule has 84 valence electrons. The summed E-state index contributed by atoms with van der Waals surface area (Å²) in [6.07, 6.45) is 3.12. The fourth-order valence-corrected chi connectivity index (χ4v) is 1.89. The first-order chi connectivity index (χ1) is 8.16. The lowest BCUT2D eigenvalue weighted by atomic mass is 10.1. The predicted molar refractivity (Wildman–Crippen MR) is 61.3 cm³/mol. The number of aromatic nitrogens is 2. The quantitative estimate of drug-likeness (QED) is 0.667. The number of hydrogen-bond acceptors (Lipinski definition) is 3. The molecule has 5 nitrogen and oxygen atoms in total. The molecule has 0 atom stereocenters. The average Bonchev–Trinajstić information content (AvgIpc) is 2.73. The summed E-state index contributed by atoms with van der Waals surface area (Å²) in [4.78, 5) is 14.9. The predicted octanol–water partition coefficient (Wildman–Crippen LogP) is 1.89. The molecule has 3 rings (SSSR count). The Labute approximate surface area is 95.6 Å². The monoisotopic (exact) mass is 228 g/mol. The summed E-state index contributed by atoms with van der Waals surface area (Å²) in [7, 11) is 0. The smallest absolute Gasteiger partial charge is 0.356 e. The molecule has 17 heavy (non-hydrogen) atoms. The number of pyridine rings is 1. The van der Waals surface area contributed by atoms with Crippen molar-refractivity contribution in [2.24, 2.45) is 0 Å². The van der Waals surface area contributed by atoms with E-state index in [9.17, 15) is 9.90 Å². The number of nitrogens with zero attached hydrogens (tertiary/aromatic N) is 2. The van der Waals surface area contributed by atoms with Crippen LogP contribution in [0.5, 0.6) is 5.75 Å². The van der Waals surface area contributed by atoms with Gasteiger partial charge in [0.05, 0.1) is 0 Å². The van der Waals surface area contributed by atoms with Crippen molar-refractivity contribution in [3.8, 4) is 5.75 Å². The molecule has 2 aromatic heterocycles. The normalized spacial score (nSPS) is 11.1. The number of aromatic hydroxyl groups is 1. The number of hydrogen-bond donors (Lipinski definition) is 2. The first-order valence-electron chi connectivity index (χ1n) is 4.99. The molecule has 3 aromatic rings. The minimum absolute atomic E-state index is 0.0131. The van der Waals surface area contributed by atoms with E-state index in [1.54, 1.807) is 34.9 Å². The number of aromatic carboxylic acids is 1. The highest BCUT2D eigenvalue weighted by Gasteiger charge is 2.11. The van der Waals surface area contributed by atoms with Crippen LogP contribution in [0.2, 0.25) is 0 Å². The number of fused-ring (bicyclic) bond motifs is 3. The molecule has 5 heteroatoms. The minimum Gasteiger partial charge on any atom is -0.507 e. The molecule has 0 radical (unpaired) electrons. The molecule has 0 aliphatic heterocycles. The lowest BCUT2D eigenvalue weighted by molar-refractivity contribution is 0.0691. The van der Waals surface area contributed by atoms with Crippen LogP contribution in [0.3, 0.4) is 0 Å². The van der Waals surface area contributed by atoms with E-state index in [4.69, 9.17) is 5.11 Å². The number of imidazole rings is 1. The average molecular weight is 228 g/mol. The molecule has 0 spiro atoms. The van der Waals surface area contributed by atoms with Crippen molar-refractivity contribution in [1.82, 2.24) is 9.38 Å². The van der Waals surface area contributed by atoms with Crippen molar-refractivity contribution in [3.63, 3.8) is 0 Å². The SMILES string of the molecule is O=C(O)c1cn2ccc3c(O)cccc3c2n1. The Balaban J connectivity index is 2.47. The molecular weight excluding hydrogens is 220 g/mol. The zero-order valence-electron chi connectivity index (χ0n) is 8.66. The van der Waals surface area contributed by atoms with Crippen LogP contribution in [0.15, 0.2) is 36.7 Å². The third kappa shape index (κ3) is 1.32. The van der Waals surface area contributed by atoms with Gasteiger partial charge in [-0.3, -0.25) is 0 Å². The lowest BCUT2D eigenvalue weighted by Gasteiger charge is -2.01. The number of phenols is 1. The minimum atomic E-state index is -1.07. The summed E-state index contributed by atoms with van der Waals surface area (Å²) in [6.45, 7) is 0. The number of benzene rings is 1. The van der Waals surface area contributed by atoms with Crippen LogP contribution in [-0.4, -0.2) is 25.6 Å². The summed E-state index contributed by atoms with van der Waals surface area (Å²) in [5.41, 5.74) is 0.511. The summed E-state index contributed by atoms with van der Waals surface area (Å²) < 4.78 is 1.63. The first-order valence-corrected chi connectivity index (χ1v) is 4.99. The molecule has 0 bridgehead atoms. The van der Waals surface area contributed by atoms with Crippen LogP contribution in [-0.2, 0) is 0 Å². The lowest BCUT2D eigenvalue weighted by Crippen LogP contribution is -1.94. The molecule has 0 saturated heterocycles. The standard InChI is InChI=1S/C12H8N2O3/c15-10-3-1-2-8-7(10)4-5-14-6-9(12(16)17)13-11(8)14/h1-6,15H,(H,16,17). The Kier molecular flexibility index (Phi) is 1.82. The number of carboxylic acids is 1. The zero-order valence-corrected chi connectivity index (χ0v) is 8.66. The molecule has 2 N–H and O–H groups in total. The highest BCUT2D eigenvalue weighted by atomic mass is 16.4. The maximum absolute atomic E-state index is 10.8. The molecule has 0 aliphatic carbocycles. The first kappa shape index (κ1) is 9.65. The maximum atomic E-state index is 10.8. The fourth-order valence-electron chi connectivity index (χ4n) is 1.89. The second-order valence-corrected chi connectivity index (χ2v) is 3.72. The van der Waals surface area contributed by atoms with Crippen molar-refractivity contribution in [3.05, 3.63) is 42.4 Å². The van der Waals surface area contributed by atoms with Crippen molar-refractivity contribution < 1.29 is 15.0 Å². The van der Waals surface area contributed by atoms with E-state index >= 15 is 0 Å². The van der Waals surface area contributed by atoms with Gasteiger partial charge < -0.3 is 14.6 Å². The largest absolute Gasteiger partial charge is 0.507 e. The Morgan fingerprint density at radius 1 is 1.24 bits per heavy atom. The van der Waals surface area contributed by atoms with Crippen molar-refractivity contribution in [2.75, 3.05) is 0 Å².